The Hall–Kier alpha value is -2.50. The van der Waals surface area contributed by atoms with E-state index in [-0.39, 0.29) is 38.2 Å². The number of ketones is 1. The van der Waals surface area contributed by atoms with Gasteiger partial charge in [-0.25, -0.2) is 0 Å². The van der Waals surface area contributed by atoms with Crippen LogP contribution in [0.5, 0.6) is 0 Å². The van der Waals surface area contributed by atoms with Gasteiger partial charge in [0.2, 0.25) is 0 Å². The molecule has 249 valence electrons. The van der Waals surface area contributed by atoms with Gasteiger partial charge < -0.3 is 5.11 Å². The summed E-state index contributed by atoms with van der Waals surface area (Å²) in [6.45, 7) is 12.0. The number of hydrogen-bond acceptors (Lipinski definition) is 3. The minimum absolute atomic E-state index is 0. The first-order valence-corrected chi connectivity index (χ1v) is 16.3. The molecule has 1 aliphatic carbocycles. The average molecular weight is 801 g/mol. The third-order valence-corrected chi connectivity index (χ3v) is 8.63. The molecule has 1 unspecified atom stereocenters. The van der Waals surface area contributed by atoms with E-state index in [4.69, 9.17) is 4.98 Å². The van der Waals surface area contributed by atoms with Crippen LogP contribution in [0.2, 0.25) is 0 Å². The number of pyridine rings is 1. The first-order chi connectivity index (χ1) is 20.8. The number of allylic oxidation sites excluding steroid dienone is 2. The van der Waals surface area contributed by atoms with Crippen LogP contribution in [-0.2, 0) is 31.3 Å². The van der Waals surface area contributed by atoms with E-state index in [0.29, 0.717) is 18.8 Å². The standard InChI is InChI=1S/C25H28N.C13H21F3O2.Ir/c1-17(2)12-21-16-25(26-24-11-7-6-10-23(21)24)22-14-18(3)13-20(15-22)19-8-4-5-9-19;1-4-9(5-2)11(17)7-12(18)10(6-3)8-13(14,15)16;/h6-7,10-11,13,15-17,19H,4-5,8-9,12H2,1-3H3;7,9-10,17H,4-6,8H2,1-3H3;/q-1;;/b;11-7-;. The number of aliphatic hydroxyl groups is 1. The molecule has 1 aromatic heterocycles. The summed E-state index contributed by atoms with van der Waals surface area (Å²) in [5.74, 6) is -0.648. The summed E-state index contributed by atoms with van der Waals surface area (Å²) in [7, 11) is 0. The zero-order chi connectivity index (χ0) is 32.4. The fourth-order valence-corrected chi connectivity index (χ4v) is 6.18. The van der Waals surface area contributed by atoms with Crippen LogP contribution < -0.4 is 0 Å². The van der Waals surface area contributed by atoms with Gasteiger partial charge in [-0.1, -0.05) is 78.6 Å². The third-order valence-electron chi connectivity index (χ3n) is 8.63. The van der Waals surface area contributed by atoms with Crippen LogP contribution in [0.4, 0.5) is 13.2 Å². The Kier molecular flexibility index (Phi) is 15.5. The Morgan fingerprint density at radius 2 is 1.64 bits per heavy atom. The molecule has 1 saturated carbocycles. The number of aliphatic hydroxyl groups excluding tert-OH is 1. The molecule has 2 aromatic carbocycles. The number of aromatic nitrogens is 1. The Morgan fingerprint density at radius 1 is 1.02 bits per heavy atom. The van der Waals surface area contributed by atoms with Crippen molar-refractivity contribution in [2.24, 2.45) is 17.8 Å². The molecule has 45 heavy (non-hydrogen) atoms. The van der Waals surface area contributed by atoms with Gasteiger partial charge in [-0.2, -0.15) is 13.2 Å². The molecule has 0 spiro atoms. The number of halogens is 3. The zero-order valence-electron chi connectivity index (χ0n) is 27.6. The number of hydrogen-bond donors (Lipinski definition) is 1. The number of carbonyl (C=O) groups is 1. The minimum Gasteiger partial charge on any atom is -0.512 e. The molecule has 0 saturated heterocycles. The normalized spacial score (nSPS) is 14.8. The van der Waals surface area contributed by atoms with Gasteiger partial charge in [0.1, 0.15) is 0 Å². The van der Waals surface area contributed by atoms with Crippen LogP contribution in [0.3, 0.4) is 0 Å². The van der Waals surface area contributed by atoms with Crippen LogP contribution in [0.1, 0.15) is 109 Å². The summed E-state index contributed by atoms with van der Waals surface area (Å²) in [5, 5.41) is 11.0. The van der Waals surface area contributed by atoms with E-state index in [0.717, 1.165) is 35.2 Å². The summed E-state index contributed by atoms with van der Waals surface area (Å²) in [4.78, 5) is 16.7. The molecule has 1 fully saturated rings. The molecule has 0 amide bonds. The number of carbonyl (C=O) groups excluding carboxylic acids is 1. The Labute approximate surface area is 281 Å². The molecule has 7 heteroatoms. The fourth-order valence-electron chi connectivity index (χ4n) is 6.18. The van der Waals surface area contributed by atoms with Crippen molar-refractivity contribution in [1.29, 1.82) is 0 Å². The molecule has 4 rings (SSSR count). The molecule has 1 radical (unpaired) electrons. The maximum absolute atomic E-state index is 12.2. The van der Waals surface area contributed by atoms with E-state index in [1.807, 2.05) is 13.8 Å². The number of nitrogens with zero attached hydrogens (tertiary/aromatic N) is 1. The topological polar surface area (TPSA) is 50.2 Å². The predicted molar refractivity (Wildman–Crippen MR) is 175 cm³/mol. The van der Waals surface area contributed by atoms with Gasteiger partial charge in [0.15, 0.2) is 5.78 Å². The predicted octanol–water partition coefficient (Wildman–Crippen LogP) is 11.3. The average Bonchev–Trinajstić information content (AvgIpc) is 3.51. The second kappa shape index (κ2) is 18.0. The van der Waals surface area contributed by atoms with Crippen molar-refractivity contribution in [3.05, 3.63) is 77.1 Å². The molecule has 0 aliphatic heterocycles. The minimum atomic E-state index is -4.35. The quantitative estimate of drug-likeness (QED) is 0.119. The number of fused-ring (bicyclic) bond motifs is 1. The van der Waals surface area contributed by atoms with E-state index in [1.165, 1.54) is 54.7 Å². The summed E-state index contributed by atoms with van der Waals surface area (Å²) in [5.41, 5.74) is 7.43. The number of alkyl halides is 3. The molecular formula is C38H49F3IrNO2-. The van der Waals surface area contributed by atoms with Crippen molar-refractivity contribution in [3.63, 3.8) is 0 Å². The summed E-state index contributed by atoms with van der Waals surface area (Å²) >= 11 is 0. The van der Waals surface area contributed by atoms with Gasteiger partial charge in [0.05, 0.1) is 17.7 Å². The van der Waals surface area contributed by atoms with Gasteiger partial charge in [-0.15, -0.1) is 34.9 Å². The van der Waals surface area contributed by atoms with E-state index >= 15 is 0 Å². The summed E-state index contributed by atoms with van der Waals surface area (Å²) in [6, 6.07) is 19.1. The Bertz CT molecular complexity index is 1410. The third kappa shape index (κ3) is 11.7. The van der Waals surface area contributed by atoms with Gasteiger partial charge in [-0.05, 0) is 67.7 Å². The molecule has 3 nitrogen and oxygen atoms in total. The Morgan fingerprint density at radius 3 is 2.22 bits per heavy atom. The molecule has 0 bridgehead atoms. The number of benzene rings is 2. The van der Waals surface area contributed by atoms with Crippen molar-refractivity contribution in [3.8, 4) is 11.3 Å². The van der Waals surface area contributed by atoms with Gasteiger partial charge >= 0.3 is 6.18 Å². The first-order valence-electron chi connectivity index (χ1n) is 16.3. The fraction of sp³-hybridized carbons (Fsp3) is 0.526. The van der Waals surface area contributed by atoms with Crippen LogP contribution in [0.25, 0.3) is 22.2 Å². The second-order valence-electron chi connectivity index (χ2n) is 12.7. The number of para-hydroxylation sites is 1. The SMILES string of the molecule is CCC(CC(F)(F)F)C(=O)/C=C(\O)C(CC)CC.Cc1[c-]c(-c2cc(CC(C)C)c3ccccc3n2)cc(C2CCCC2)c1.[Ir]. The zero-order valence-corrected chi connectivity index (χ0v) is 30.0. The molecule has 3 aromatic rings. The van der Waals surface area contributed by atoms with Crippen LogP contribution in [0, 0.1) is 30.7 Å². The van der Waals surface area contributed by atoms with Gasteiger partial charge in [-0.3, -0.25) is 9.78 Å². The van der Waals surface area contributed by atoms with Crippen molar-refractivity contribution < 1.29 is 43.2 Å². The largest absolute Gasteiger partial charge is 0.512 e. The maximum atomic E-state index is 12.2. The number of rotatable bonds is 11. The van der Waals surface area contributed by atoms with Crippen LogP contribution in [-0.4, -0.2) is 22.1 Å². The number of aryl methyl sites for hydroxylation is 1. The second-order valence-corrected chi connectivity index (χ2v) is 12.7. The van der Waals surface area contributed by atoms with Crippen LogP contribution >= 0.6 is 0 Å². The molecular weight excluding hydrogens is 752 g/mol. The molecule has 1 aliphatic rings. The molecule has 1 atom stereocenters. The van der Waals surface area contributed by atoms with Gasteiger partial charge in [0.25, 0.3) is 0 Å². The van der Waals surface area contributed by atoms with Crippen molar-refractivity contribution in [1.82, 2.24) is 4.98 Å². The van der Waals surface area contributed by atoms with Crippen molar-refractivity contribution >= 4 is 16.7 Å². The van der Waals surface area contributed by atoms with Crippen molar-refractivity contribution in [2.75, 3.05) is 0 Å². The summed E-state index contributed by atoms with van der Waals surface area (Å²) < 4.78 is 36.7. The van der Waals surface area contributed by atoms with E-state index in [9.17, 15) is 23.1 Å². The van der Waals surface area contributed by atoms with Gasteiger partial charge in [0, 0.05) is 43.4 Å². The Balaban J connectivity index is 0.000000331. The molecule has 1 N–H and O–H groups in total. The smallest absolute Gasteiger partial charge is 0.389 e. The van der Waals surface area contributed by atoms with E-state index < -0.39 is 24.3 Å². The monoisotopic (exact) mass is 801 g/mol. The maximum Gasteiger partial charge on any atom is 0.389 e. The summed E-state index contributed by atoms with van der Waals surface area (Å²) in [6.07, 6.45) is 3.38. The van der Waals surface area contributed by atoms with Crippen LogP contribution in [0.15, 0.2) is 54.3 Å². The first kappa shape index (κ1) is 38.7. The van der Waals surface area contributed by atoms with Crippen molar-refractivity contribution in [2.45, 2.75) is 111 Å². The van der Waals surface area contributed by atoms with E-state index in [1.54, 1.807) is 0 Å². The van der Waals surface area contributed by atoms with E-state index in [2.05, 4.69) is 69.3 Å². The molecule has 1 heterocycles.